The molecule has 0 aliphatic carbocycles. The Bertz CT molecular complexity index is 1000. The van der Waals surface area contributed by atoms with Gasteiger partial charge < -0.3 is 10.1 Å². The monoisotopic (exact) mass is 366 g/mol. The third-order valence-corrected chi connectivity index (χ3v) is 4.23. The van der Waals surface area contributed by atoms with Crippen LogP contribution in [0.25, 0.3) is 10.9 Å². The quantitative estimate of drug-likeness (QED) is 0.694. The van der Waals surface area contributed by atoms with Crippen LogP contribution in [-0.4, -0.2) is 27.5 Å². The maximum absolute atomic E-state index is 12.4. The van der Waals surface area contributed by atoms with E-state index in [1.54, 1.807) is 24.3 Å². The molecule has 0 aliphatic rings. The highest BCUT2D eigenvalue weighted by Gasteiger charge is 2.12. The van der Waals surface area contributed by atoms with Crippen molar-refractivity contribution < 1.29 is 9.53 Å². The Hall–Kier alpha value is -3.22. The van der Waals surface area contributed by atoms with Crippen molar-refractivity contribution >= 4 is 16.8 Å². The highest BCUT2D eigenvalue weighted by atomic mass is 16.5. The average Bonchev–Trinajstić information content (AvgIpc) is 2.68. The van der Waals surface area contributed by atoms with Gasteiger partial charge in [0.1, 0.15) is 11.3 Å². The Kier molecular flexibility index (Phi) is 5.80. The van der Waals surface area contributed by atoms with E-state index in [0.29, 0.717) is 17.5 Å². The summed E-state index contributed by atoms with van der Waals surface area (Å²) in [7, 11) is 0. The molecule has 7 nitrogen and oxygen atoms in total. The highest BCUT2D eigenvalue weighted by Crippen LogP contribution is 2.19. The van der Waals surface area contributed by atoms with Crippen molar-refractivity contribution in [1.29, 1.82) is 0 Å². The van der Waals surface area contributed by atoms with E-state index in [9.17, 15) is 9.59 Å². The number of carbonyl (C=O) groups excluding carboxylic acids is 1. The lowest BCUT2D eigenvalue weighted by Crippen LogP contribution is -2.30. The van der Waals surface area contributed by atoms with Crippen molar-refractivity contribution in [2.75, 3.05) is 6.61 Å². The maximum atomic E-state index is 12.4. The summed E-state index contributed by atoms with van der Waals surface area (Å²) in [4.78, 5) is 24.7. The van der Waals surface area contributed by atoms with Crippen LogP contribution in [0.1, 0.15) is 31.9 Å². The van der Waals surface area contributed by atoms with Gasteiger partial charge in [0.2, 0.25) is 5.91 Å². The van der Waals surface area contributed by atoms with Crippen LogP contribution in [0.2, 0.25) is 0 Å². The number of hydrogen-bond donors (Lipinski definition) is 1. The first-order chi connectivity index (χ1) is 13.1. The summed E-state index contributed by atoms with van der Waals surface area (Å²) in [6, 6.07) is 14.5. The number of amides is 1. The van der Waals surface area contributed by atoms with Crippen molar-refractivity contribution in [2.24, 2.45) is 0 Å². The van der Waals surface area contributed by atoms with E-state index in [1.807, 2.05) is 38.1 Å². The van der Waals surface area contributed by atoms with Crippen LogP contribution in [0.5, 0.6) is 5.75 Å². The van der Waals surface area contributed by atoms with E-state index in [1.165, 1.54) is 4.68 Å². The van der Waals surface area contributed by atoms with Crippen LogP contribution >= 0.6 is 0 Å². The van der Waals surface area contributed by atoms with E-state index < -0.39 is 0 Å². The molecule has 3 rings (SSSR count). The molecule has 1 N–H and O–H groups in total. The SMILES string of the molecule is CCOc1cccc(C(C)NC(=O)CCn2nnc3ccccc3c2=O)c1. The van der Waals surface area contributed by atoms with E-state index in [4.69, 9.17) is 4.74 Å². The van der Waals surface area contributed by atoms with Gasteiger partial charge >= 0.3 is 0 Å². The van der Waals surface area contributed by atoms with E-state index >= 15 is 0 Å². The first-order valence-electron chi connectivity index (χ1n) is 8.93. The van der Waals surface area contributed by atoms with Crippen LogP contribution in [0.3, 0.4) is 0 Å². The van der Waals surface area contributed by atoms with Gasteiger partial charge in [0.05, 0.1) is 24.6 Å². The molecule has 1 amide bonds. The number of fused-ring (bicyclic) bond motifs is 1. The summed E-state index contributed by atoms with van der Waals surface area (Å²) in [5.41, 5.74) is 1.26. The second kappa shape index (κ2) is 8.44. The number of nitrogens with zero attached hydrogens (tertiary/aromatic N) is 3. The molecule has 27 heavy (non-hydrogen) atoms. The number of ether oxygens (including phenoxy) is 1. The lowest BCUT2D eigenvalue weighted by molar-refractivity contribution is -0.122. The van der Waals surface area contributed by atoms with Crippen LogP contribution in [0.4, 0.5) is 0 Å². The molecule has 0 saturated carbocycles. The third-order valence-electron chi connectivity index (χ3n) is 4.23. The number of nitrogens with one attached hydrogen (secondary N) is 1. The number of hydrogen-bond acceptors (Lipinski definition) is 5. The first kappa shape index (κ1) is 18.6. The Balaban J connectivity index is 1.62. The lowest BCUT2D eigenvalue weighted by Gasteiger charge is -2.15. The van der Waals surface area contributed by atoms with Gasteiger partial charge in [-0.25, -0.2) is 4.68 Å². The van der Waals surface area contributed by atoms with Crippen LogP contribution in [-0.2, 0) is 11.3 Å². The normalized spacial score (nSPS) is 11.9. The van der Waals surface area contributed by atoms with Gasteiger partial charge in [-0.1, -0.05) is 29.5 Å². The maximum Gasteiger partial charge on any atom is 0.277 e. The van der Waals surface area contributed by atoms with Crippen molar-refractivity contribution in [3.8, 4) is 5.75 Å². The Morgan fingerprint density at radius 3 is 2.85 bits per heavy atom. The minimum absolute atomic E-state index is 0.141. The summed E-state index contributed by atoms with van der Waals surface area (Å²) in [6.45, 7) is 4.60. The molecule has 0 saturated heterocycles. The van der Waals surface area contributed by atoms with Gasteiger partial charge in [0.25, 0.3) is 5.56 Å². The van der Waals surface area contributed by atoms with E-state index in [2.05, 4.69) is 15.6 Å². The standard InChI is InChI=1S/C20H22N4O3/c1-3-27-16-8-6-7-15(13-16)14(2)21-19(25)11-12-24-20(26)17-9-4-5-10-18(17)22-23-24/h4-10,13-14H,3,11-12H2,1-2H3,(H,21,25). The number of rotatable bonds is 7. The Labute approximate surface area is 157 Å². The van der Waals surface area contributed by atoms with Crippen LogP contribution in [0.15, 0.2) is 53.3 Å². The molecule has 0 spiro atoms. The van der Waals surface area contributed by atoms with E-state index in [0.717, 1.165) is 11.3 Å². The van der Waals surface area contributed by atoms with Gasteiger partial charge in [0.15, 0.2) is 0 Å². The topological polar surface area (TPSA) is 86.1 Å². The van der Waals surface area contributed by atoms with Gasteiger partial charge in [0, 0.05) is 6.42 Å². The zero-order valence-electron chi connectivity index (χ0n) is 15.4. The Morgan fingerprint density at radius 2 is 2.04 bits per heavy atom. The predicted octanol–water partition coefficient (Wildman–Crippen LogP) is 2.46. The molecule has 0 aliphatic heterocycles. The fraction of sp³-hybridized carbons (Fsp3) is 0.300. The highest BCUT2D eigenvalue weighted by molar-refractivity contribution is 5.77. The molecule has 0 radical (unpaired) electrons. The summed E-state index contributed by atoms with van der Waals surface area (Å²) in [5.74, 6) is 0.611. The van der Waals surface area contributed by atoms with Crippen LogP contribution < -0.4 is 15.6 Å². The minimum Gasteiger partial charge on any atom is -0.494 e. The smallest absolute Gasteiger partial charge is 0.277 e. The molecule has 0 fully saturated rings. The van der Waals surface area contributed by atoms with Crippen molar-refractivity contribution in [3.05, 3.63) is 64.4 Å². The second-order valence-electron chi connectivity index (χ2n) is 6.18. The first-order valence-corrected chi connectivity index (χ1v) is 8.93. The van der Waals surface area contributed by atoms with E-state index in [-0.39, 0.29) is 30.5 Å². The Morgan fingerprint density at radius 1 is 1.22 bits per heavy atom. The lowest BCUT2D eigenvalue weighted by atomic mass is 10.1. The summed E-state index contributed by atoms with van der Waals surface area (Å²) in [5, 5.41) is 11.4. The fourth-order valence-corrected chi connectivity index (χ4v) is 2.81. The second-order valence-corrected chi connectivity index (χ2v) is 6.18. The fourth-order valence-electron chi connectivity index (χ4n) is 2.81. The largest absolute Gasteiger partial charge is 0.494 e. The van der Waals surface area contributed by atoms with Crippen molar-refractivity contribution in [3.63, 3.8) is 0 Å². The molecule has 1 heterocycles. The molecule has 1 aromatic heterocycles. The zero-order valence-corrected chi connectivity index (χ0v) is 15.4. The van der Waals surface area contributed by atoms with Crippen molar-refractivity contribution in [2.45, 2.75) is 32.9 Å². The molecule has 1 atom stereocenters. The number of carbonyl (C=O) groups is 1. The summed E-state index contributed by atoms with van der Waals surface area (Å²) < 4.78 is 6.71. The number of benzene rings is 2. The predicted molar refractivity (Wildman–Crippen MR) is 103 cm³/mol. The average molecular weight is 366 g/mol. The zero-order chi connectivity index (χ0) is 19.2. The molecule has 3 aromatic rings. The molecular weight excluding hydrogens is 344 g/mol. The number of aromatic nitrogens is 3. The molecular formula is C20H22N4O3. The summed E-state index contributed by atoms with van der Waals surface area (Å²) >= 11 is 0. The molecule has 1 unspecified atom stereocenters. The van der Waals surface area contributed by atoms with Gasteiger partial charge in [-0.3, -0.25) is 9.59 Å². The van der Waals surface area contributed by atoms with Gasteiger partial charge in [-0.05, 0) is 43.7 Å². The molecule has 2 aromatic carbocycles. The van der Waals surface area contributed by atoms with Crippen molar-refractivity contribution in [1.82, 2.24) is 20.3 Å². The molecule has 7 heteroatoms. The van der Waals surface area contributed by atoms with Gasteiger partial charge in [-0.15, -0.1) is 5.10 Å². The molecule has 0 bridgehead atoms. The third kappa shape index (κ3) is 4.49. The minimum atomic E-state index is -0.245. The summed E-state index contributed by atoms with van der Waals surface area (Å²) in [6.07, 6.45) is 0.141. The number of aryl methyl sites for hydroxylation is 1. The van der Waals surface area contributed by atoms with Gasteiger partial charge in [-0.2, -0.15) is 0 Å². The molecule has 140 valence electrons. The van der Waals surface area contributed by atoms with Crippen LogP contribution in [0, 0.1) is 0 Å².